The molecular formula is C18H18ClN3O2. The second-order valence-electron chi connectivity index (χ2n) is 6.14. The van der Waals surface area contributed by atoms with Crippen LogP contribution in [0.5, 0.6) is 11.6 Å². The summed E-state index contributed by atoms with van der Waals surface area (Å²) >= 11 is 6.64. The van der Waals surface area contributed by atoms with Crippen molar-refractivity contribution in [2.24, 2.45) is 13.0 Å². The van der Waals surface area contributed by atoms with E-state index in [1.807, 2.05) is 36.0 Å². The minimum atomic E-state index is 0.432. The first-order valence-electron chi connectivity index (χ1n) is 7.94. The van der Waals surface area contributed by atoms with Crippen LogP contribution >= 0.6 is 11.6 Å². The van der Waals surface area contributed by atoms with E-state index in [4.69, 9.17) is 21.1 Å². The Morgan fingerprint density at radius 2 is 2.17 bits per heavy atom. The van der Waals surface area contributed by atoms with Crippen molar-refractivity contribution in [3.63, 3.8) is 0 Å². The van der Waals surface area contributed by atoms with E-state index in [0.717, 1.165) is 22.2 Å². The highest BCUT2D eigenvalue weighted by atomic mass is 35.5. The lowest BCUT2D eigenvalue weighted by molar-refractivity contribution is 0.277. The second-order valence-corrected chi connectivity index (χ2v) is 6.52. The molecule has 3 aromatic rings. The van der Waals surface area contributed by atoms with E-state index in [0.29, 0.717) is 29.2 Å². The maximum Gasteiger partial charge on any atom is 0.258 e. The Kier molecular flexibility index (Phi) is 3.81. The molecule has 0 aliphatic heterocycles. The molecule has 6 heteroatoms. The molecule has 1 aromatic carbocycles. The Hall–Kier alpha value is -2.27. The van der Waals surface area contributed by atoms with Crippen molar-refractivity contribution in [1.29, 1.82) is 0 Å². The molecule has 5 nitrogen and oxygen atoms in total. The first-order chi connectivity index (χ1) is 11.7. The summed E-state index contributed by atoms with van der Waals surface area (Å²) < 4.78 is 13.3. The van der Waals surface area contributed by atoms with Gasteiger partial charge in [0.25, 0.3) is 5.88 Å². The Balaban J connectivity index is 1.82. The van der Waals surface area contributed by atoms with Gasteiger partial charge in [0, 0.05) is 18.0 Å². The van der Waals surface area contributed by atoms with Gasteiger partial charge < -0.3 is 14.0 Å². The number of fused-ring (bicyclic) bond motifs is 1. The standard InChI is InChI=1S/C18H18ClN3O2/c1-22-10-20-8-15(22)12-5-6-14-13(7-12)16(19)17(18(21-14)23-2)24-9-11-3-4-11/h5-8,10-11H,3-4,9H2,1-2H3. The molecule has 1 fully saturated rings. The number of ether oxygens (including phenoxy) is 2. The zero-order valence-electron chi connectivity index (χ0n) is 13.6. The number of rotatable bonds is 5. The lowest BCUT2D eigenvalue weighted by Crippen LogP contribution is -2.03. The Labute approximate surface area is 145 Å². The van der Waals surface area contributed by atoms with E-state index < -0.39 is 0 Å². The fourth-order valence-electron chi connectivity index (χ4n) is 2.73. The average Bonchev–Trinajstić information content (AvgIpc) is 3.33. The van der Waals surface area contributed by atoms with Crippen molar-refractivity contribution in [2.45, 2.75) is 12.8 Å². The smallest absolute Gasteiger partial charge is 0.258 e. The van der Waals surface area contributed by atoms with Gasteiger partial charge in [0.1, 0.15) is 0 Å². The summed E-state index contributed by atoms with van der Waals surface area (Å²) in [6.07, 6.45) is 6.03. The number of hydrogen-bond donors (Lipinski definition) is 0. The van der Waals surface area contributed by atoms with Gasteiger partial charge in [-0.25, -0.2) is 9.97 Å². The van der Waals surface area contributed by atoms with Crippen LogP contribution in [0.4, 0.5) is 0 Å². The molecule has 0 atom stereocenters. The predicted molar refractivity (Wildman–Crippen MR) is 93.7 cm³/mol. The average molecular weight is 344 g/mol. The minimum absolute atomic E-state index is 0.432. The predicted octanol–water partition coefficient (Wildman–Crippen LogP) is 4.09. The van der Waals surface area contributed by atoms with E-state index in [9.17, 15) is 0 Å². The third-order valence-electron chi connectivity index (χ3n) is 4.31. The molecular weight excluding hydrogens is 326 g/mol. The molecule has 1 aliphatic carbocycles. The van der Waals surface area contributed by atoms with Gasteiger partial charge >= 0.3 is 0 Å². The highest BCUT2D eigenvalue weighted by Gasteiger charge is 2.24. The highest BCUT2D eigenvalue weighted by Crippen LogP contribution is 2.41. The van der Waals surface area contributed by atoms with Crippen LogP contribution in [0.25, 0.3) is 22.2 Å². The fraction of sp³-hybridized carbons (Fsp3) is 0.333. The van der Waals surface area contributed by atoms with Crippen LogP contribution in [0.15, 0.2) is 30.7 Å². The Morgan fingerprint density at radius 1 is 1.33 bits per heavy atom. The summed E-state index contributed by atoms with van der Waals surface area (Å²) in [6, 6.07) is 5.97. The number of pyridine rings is 1. The highest BCUT2D eigenvalue weighted by molar-refractivity contribution is 6.37. The molecule has 4 rings (SSSR count). The first-order valence-corrected chi connectivity index (χ1v) is 8.32. The van der Waals surface area contributed by atoms with Crippen LogP contribution in [-0.2, 0) is 7.05 Å². The third kappa shape index (κ3) is 2.69. The quantitative estimate of drug-likeness (QED) is 0.700. The van der Waals surface area contributed by atoms with Crippen molar-refractivity contribution in [3.05, 3.63) is 35.7 Å². The molecule has 124 valence electrons. The second kappa shape index (κ2) is 5.98. The molecule has 0 bridgehead atoms. The Bertz CT molecular complexity index is 903. The Morgan fingerprint density at radius 3 is 2.83 bits per heavy atom. The summed E-state index contributed by atoms with van der Waals surface area (Å²) in [5.41, 5.74) is 2.83. The van der Waals surface area contributed by atoms with Gasteiger partial charge in [0.05, 0.1) is 42.5 Å². The molecule has 24 heavy (non-hydrogen) atoms. The largest absolute Gasteiger partial charge is 0.486 e. The number of benzene rings is 1. The number of aromatic nitrogens is 3. The molecule has 0 spiro atoms. The van der Waals surface area contributed by atoms with Crippen LogP contribution in [0.1, 0.15) is 12.8 Å². The number of halogens is 1. The summed E-state index contributed by atoms with van der Waals surface area (Å²) in [5.74, 6) is 1.59. The van der Waals surface area contributed by atoms with Gasteiger partial charge in [-0.05, 0) is 30.9 Å². The maximum atomic E-state index is 6.64. The van der Waals surface area contributed by atoms with Crippen LogP contribution < -0.4 is 9.47 Å². The van der Waals surface area contributed by atoms with Crippen molar-refractivity contribution in [3.8, 4) is 22.9 Å². The number of imidazole rings is 1. The molecule has 1 aliphatic rings. The normalized spacial score (nSPS) is 14.1. The molecule has 1 saturated carbocycles. The summed E-state index contributed by atoms with van der Waals surface area (Å²) in [4.78, 5) is 8.71. The fourth-order valence-corrected chi connectivity index (χ4v) is 3.02. The summed E-state index contributed by atoms with van der Waals surface area (Å²) in [7, 11) is 3.54. The molecule has 0 N–H and O–H groups in total. The maximum absolute atomic E-state index is 6.64. The summed E-state index contributed by atoms with van der Waals surface area (Å²) in [5, 5.41) is 1.39. The van der Waals surface area contributed by atoms with Gasteiger partial charge in [-0.15, -0.1) is 0 Å². The number of aryl methyl sites for hydroxylation is 1. The van der Waals surface area contributed by atoms with Crippen molar-refractivity contribution < 1.29 is 9.47 Å². The zero-order chi connectivity index (χ0) is 16.7. The molecule has 0 unspecified atom stereocenters. The molecule has 2 aromatic heterocycles. The van der Waals surface area contributed by atoms with E-state index in [1.54, 1.807) is 13.4 Å². The third-order valence-corrected chi connectivity index (χ3v) is 4.69. The van der Waals surface area contributed by atoms with Crippen molar-refractivity contribution in [1.82, 2.24) is 14.5 Å². The zero-order valence-corrected chi connectivity index (χ0v) is 14.4. The molecule has 0 amide bonds. The lowest BCUT2D eigenvalue weighted by Gasteiger charge is -2.14. The van der Waals surface area contributed by atoms with Gasteiger partial charge in [-0.1, -0.05) is 17.7 Å². The van der Waals surface area contributed by atoms with Gasteiger partial charge in [0.15, 0.2) is 0 Å². The summed E-state index contributed by atoms with van der Waals surface area (Å²) in [6.45, 7) is 0.657. The van der Waals surface area contributed by atoms with E-state index in [2.05, 4.69) is 9.97 Å². The van der Waals surface area contributed by atoms with E-state index in [1.165, 1.54) is 12.8 Å². The topological polar surface area (TPSA) is 49.2 Å². The van der Waals surface area contributed by atoms with Crippen molar-refractivity contribution >= 4 is 22.5 Å². The first kappa shape index (κ1) is 15.3. The molecule has 0 radical (unpaired) electrons. The number of nitrogens with zero attached hydrogens (tertiary/aromatic N) is 3. The SMILES string of the molecule is COc1nc2ccc(-c3cncn3C)cc2c(Cl)c1OCC1CC1. The van der Waals surface area contributed by atoms with Crippen LogP contribution in [0.2, 0.25) is 5.02 Å². The number of hydrogen-bond acceptors (Lipinski definition) is 4. The van der Waals surface area contributed by atoms with Crippen molar-refractivity contribution in [2.75, 3.05) is 13.7 Å². The minimum Gasteiger partial charge on any atom is -0.486 e. The van der Waals surface area contributed by atoms with Crippen LogP contribution in [0.3, 0.4) is 0 Å². The van der Waals surface area contributed by atoms with Crippen LogP contribution in [0, 0.1) is 5.92 Å². The monoisotopic (exact) mass is 343 g/mol. The van der Waals surface area contributed by atoms with Gasteiger partial charge in [-0.3, -0.25) is 0 Å². The molecule has 0 saturated heterocycles. The van der Waals surface area contributed by atoms with Gasteiger partial charge in [-0.2, -0.15) is 0 Å². The van der Waals surface area contributed by atoms with E-state index in [-0.39, 0.29) is 0 Å². The number of methoxy groups -OCH3 is 1. The van der Waals surface area contributed by atoms with Crippen LogP contribution in [-0.4, -0.2) is 28.3 Å². The lowest BCUT2D eigenvalue weighted by atomic mass is 10.1. The van der Waals surface area contributed by atoms with Gasteiger partial charge in [0.2, 0.25) is 5.75 Å². The van der Waals surface area contributed by atoms with E-state index >= 15 is 0 Å². The molecule has 2 heterocycles.